The second-order valence-corrected chi connectivity index (χ2v) is 7.51. The lowest BCUT2D eigenvalue weighted by atomic mass is 9.81. The molecule has 3 heteroatoms. The zero-order valence-electron chi connectivity index (χ0n) is 12.4. The van der Waals surface area contributed by atoms with Gasteiger partial charge in [0, 0.05) is 17.6 Å². The quantitative estimate of drug-likeness (QED) is 0.564. The molecule has 1 aromatic rings. The van der Waals surface area contributed by atoms with Gasteiger partial charge >= 0.3 is 0 Å². The van der Waals surface area contributed by atoms with Gasteiger partial charge in [0.1, 0.15) is 0 Å². The van der Waals surface area contributed by atoms with Gasteiger partial charge in [0.25, 0.3) is 0 Å². The fourth-order valence-electron chi connectivity index (χ4n) is 3.39. The third-order valence-corrected chi connectivity index (χ3v) is 5.95. The summed E-state index contributed by atoms with van der Waals surface area (Å²) in [5, 5.41) is 0. The highest BCUT2D eigenvalue weighted by atomic mass is 79.9. The summed E-state index contributed by atoms with van der Waals surface area (Å²) in [6, 6.07) is 8.53. The van der Waals surface area contributed by atoms with Crippen molar-refractivity contribution in [3.05, 3.63) is 34.3 Å². The maximum absolute atomic E-state index is 4.68. The molecule has 0 N–H and O–H groups in total. The maximum atomic E-state index is 4.68. The molecular formula is C17H26BrNS. The van der Waals surface area contributed by atoms with Gasteiger partial charge in [-0.15, -0.1) is 0 Å². The summed E-state index contributed by atoms with van der Waals surface area (Å²) in [4.78, 5) is 2.47. The SMILES string of the molecule is CN(Cc1ccccc1Br)CC1(CS)CCCCCC1. The summed E-state index contributed by atoms with van der Waals surface area (Å²) in [6.45, 7) is 2.18. The van der Waals surface area contributed by atoms with Gasteiger partial charge in [0.2, 0.25) is 0 Å². The highest BCUT2D eigenvalue weighted by Gasteiger charge is 2.30. The fraction of sp³-hybridized carbons (Fsp3) is 0.647. The summed E-state index contributed by atoms with van der Waals surface area (Å²) in [7, 11) is 2.25. The second-order valence-electron chi connectivity index (χ2n) is 6.34. The molecule has 20 heavy (non-hydrogen) atoms. The predicted octanol–water partition coefficient (Wildman–Crippen LogP) is 5.15. The van der Waals surface area contributed by atoms with E-state index in [9.17, 15) is 0 Å². The lowest BCUT2D eigenvalue weighted by Gasteiger charge is -2.35. The highest BCUT2D eigenvalue weighted by Crippen LogP contribution is 2.37. The van der Waals surface area contributed by atoms with Gasteiger partial charge in [0.15, 0.2) is 0 Å². The Morgan fingerprint density at radius 3 is 2.40 bits per heavy atom. The van der Waals surface area contributed by atoms with Crippen molar-refractivity contribution in [2.75, 3.05) is 19.3 Å². The van der Waals surface area contributed by atoms with Crippen molar-refractivity contribution >= 4 is 28.6 Å². The average molecular weight is 356 g/mol. The summed E-state index contributed by atoms with van der Waals surface area (Å²) in [5.74, 6) is 1.02. The number of rotatable bonds is 5. The van der Waals surface area contributed by atoms with Crippen molar-refractivity contribution in [2.24, 2.45) is 5.41 Å². The van der Waals surface area contributed by atoms with Crippen LogP contribution in [0.25, 0.3) is 0 Å². The molecule has 1 saturated carbocycles. The number of hydrogen-bond acceptors (Lipinski definition) is 2. The third-order valence-electron chi connectivity index (χ3n) is 4.50. The van der Waals surface area contributed by atoms with E-state index in [1.165, 1.54) is 48.6 Å². The molecule has 0 aromatic heterocycles. The molecule has 1 aromatic carbocycles. The van der Waals surface area contributed by atoms with Crippen LogP contribution in [-0.4, -0.2) is 24.2 Å². The van der Waals surface area contributed by atoms with E-state index in [4.69, 9.17) is 0 Å². The molecule has 0 radical (unpaired) electrons. The van der Waals surface area contributed by atoms with E-state index in [0.717, 1.165) is 18.8 Å². The lowest BCUT2D eigenvalue weighted by molar-refractivity contribution is 0.170. The lowest BCUT2D eigenvalue weighted by Crippen LogP contribution is -2.36. The minimum Gasteiger partial charge on any atom is -0.301 e. The second kappa shape index (κ2) is 7.86. The van der Waals surface area contributed by atoms with Crippen molar-refractivity contribution in [2.45, 2.75) is 45.1 Å². The van der Waals surface area contributed by atoms with Crippen LogP contribution >= 0.6 is 28.6 Å². The van der Waals surface area contributed by atoms with E-state index in [2.05, 4.69) is 64.8 Å². The summed E-state index contributed by atoms with van der Waals surface area (Å²) >= 11 is 8.33. The minimum atomic E-state index is 0.426. The van der Waals surface area contributed by atoms with Gasteiger partial charge in [-0.25, -0.2) is 0 Å². The Hall–Kier alpha value is 0.01000. The van der Waals surface area contributed by atoms with Crippen LogP contribution in [0.1, 0.15) is 44.1 Å². The van der Waals surface area contributed by atoms with E-state index in [0.29, 0.717) is 5.41 Å². The predicted molar refractivity (Wildman–Crippen MR) is 94.5 cm³/mol. The van der Waals surface area contributed by atoms with E-state index >= 15 is 0 Å². The molecule has 1 aliphatic rings. The molecule has 0 saturated heterocycles. The molecule has 1 nitrogen and oxygen atoms in total. The highest BCUT2D eigenvalue weighted by molar-refractivity contribution is 9.10. The van der Waals surface area contributed by atoms with Crippen molar-refractivity contribution in [3.8, 4) is 0 Å². The van der Waals surface area contributed by atoms with Gasteiger partial charge < -0.3 is 4.90 Å². The molecule has 0 aliphatic heterocycles. The van der Waals surface area contributed by atoms with Crippen molar-refractivity contribution in [1.82, 2.24) is 4.90 Å². The molecule has 0 amide bonds. The van der Waals surface area contributed by atoms with Gasteiger partial charge in [0.05, 0.1) is 0 Å². The Morgan fingerprint density at radius 1 is 1.15 bits per heavy atom. The van der Waals surface area contributed by atoms with Crippen LogP contribution in [-0.2, 0) is 6.54 Å². The molecule has 112 valence electrons. The molecular weight excluding hydrogens is 330 g/mol. The Bertz CT molecular complexity index is 413. The average Bonchev–Trinajstić information content (AvgIpc) is 2.67. The molecule has 1 aliphatic carbocycles. The first kappa shape index (κ1) is 16.4. The van der Waals surface area contributed by atoms with Crippen LogP contribution in [0.4, 0.5) is 0 Å². The Kier molecular flexibility index (Phi) is 6.44. The van der Waals surface area contributed by atoms with Crippen LogP contribution < -0.4 is 0 Å². The Labute approximate surface area is 137 Å². The standard InChI is InChI=1S/C17H26BrNS/c1-19(12-15-8-4-5-9-16(15)18)13-17(14-20)10-6-2-3-7-11-17/h4-5,8-9,20H,2-3,6-7,10-14H2,1H3. The van der Waals surface area contributed by atoms with Crippen molar-refractivity contribution in [1.29, 1.82) is 0 Å². The molecule has 2 rings (SSSR count). The Morgan fingerprint density at radius 2 is 1.80 bits per heavy atom. The van der Waals surface area contributed by atoms with E-state index < -0.39 is 0 Å². The van der Waals surface area contributed by atoms with Crippen LogP contribution in [0, 0.1) is 5.41 Å². The molecule has 0 unspecified atom stereocenters. The first-order valence-corrected chi connectivity index (χ1v) is 9.11. The van der Waals surface area contributed by atoms with Gasteiger partial charge in [-0.3, -0.25) is 0 Å². The van der Waals surface area contributed by atoms with Crippen LogP contribution in [0.3, 0.4) is 0 Å². The molecule has 0 bridgehead atoms. The zero-order chi connectivity index (χ0) is 14.4. The molecule has 1 fully saturated rings. The van der Waals surface area contributed by atoms with Gasteiger partial charge in [-0.1, -0.05) is 59.8 Å². The monoisotopic (exact) mass is 355 g/mol. The Balaban J connectivity index is 1.98. The normalized spacial score (nSPS) is 19.0. The summed E-state index contributed by atoms with van der Waals surface area (Å²) in [5.41, 5.74) is 1.80. The number of thiol groups is 1. The summed E-state index contributed by atoms with van der Waals surface area (Å²) in [6.07, 6.45) is 8.26. The van der Waals surface area contributed by atoms with Crippen molar-refractivity contribution in [3.63, 3.8) is 0 Å². The van der Waals surface area contributed by atoms with Crippen LogP contribution in [0.15, 0.2) is 28.7 Å². The fourth-order valence-corrected chi connectivity index (χ4v) is 4.22. The van der Waals surface area contributed by atoms with Crippen molar-refractivity contribution < 1.29 is 0 Å². The number of nitrogens with zero attached hydrogens (tertiary/aromatic N) is 1. The summed E-state index contributed by atoms with van der Waals surface area (Å²) < 4.78 is 1.22. The smallest absolute Gasteiger partial charge is 0.0242 e. The van der Waals surface area contributed by atoms with E-state index in [1.54, 1.807) is 0 Å². The van der Waals surface area contributed by atoms with Crippen LogP contribution in [0.5, 0.6) is 0 Å². The van der Waals surface area contributed by atoms with Crippen LogP contribution in [0.2, 0.25) is 0 Å². The molecule has 0 atom stereocenters. The molecule has 0 spiro atoms. The largest absolute Gasteiger partial charge is 0.301 e. The third kappa shape index (κ3) is 4.51. The first-order chi connectivity index (χ1) is 9.65. The number of hydrogen-bond donors (Lipinski definition) is 1. The van der Waals surface area contributed by atoms with E-state index in [-0.39, 0.29) is 0 Å². The van der Waals surface area contributed by atoms with Gasteiger partial charge in [-0.2, -0.15) is 12.6 Å². The zero-order valence-corrected chi connectivity index (χ0v) is 14.9. The molecule has 0 heterocycles. The topological polar surface area (TPSA) is 3.24 Å². The number of benzene rings is 1. The number of halogens is 1. The van der Waals surface area contributed by atoms with E-state index in [1.807, 2.05) is 0 Å². The first-order valence-electron chi connectivity index (χ1n) is 7.68. The maximum Gasteiger partial charge on any atom is 0.0242 e. The van der Waals surface area contributed by atoms with Gasteiger partial charge in [-0.05, 0) is 42.7 Å². The minimum absolute atomic E-state index is 0.426.